The van der Waals surface area contributed by atoms with E-state index in [1.807, 2.05) is 152 Å². The fraction of sp³-hybridized carbons (Fsp3) is 0.463. The zero-order chi connectivity index (χ0) is 76.0. The van der Waals surface area contributed by atoms with Crippen molar-refractivity contribution in [3.63, 3.8) is 0 Å². The summed E-state index contributed by atoms with van der Waals surface area (Å²) in [4.78, 5) is 55.9. The second-order valence-corrected chi connectivity index (χ2v) is 29.9. The minimum atomic E-state index is -0.682. The van der Waals surface area contributed by atoms with Crippen molar-refractivity contribution in [1.82, 2.24) is 39.2 Å². The number of benzene rings is 5. The van der Waals surface area contributed by atoms with E-state index in [1.54, 1.807) is 70.5 Å². The summed E-state index contributed by atoms with van der Waals surface area (Å²) in [5.41, 5.74) is 7.47. The Morgan fingerprint density at radius 2 is 0.962 bits per heavy atom. The molecule has 0 N–H and O–H groups in total. The molecular weight excluding hydrogens is 1340 g/mol. The Bertz CT molecular complexity index is 4240. The summed E-state index contributed by atoms with van der Waals surface area (Å²) in [7, 11) is 6.05. The van der Waals surface area contributed by atoms with Gasteiger partial charge < -0.3 is 57.3 Å². The number of hydrogen-bond donors (Lipinski definition) is 0. The van der Waals surface area contributed by atoms with Crippen molar-refractivity contribution < 1.29 is 65.7 Å². The number of nitrogens with zero attached hydrogens (tertiary/aromatic N) is 8. The van der Waals surface area contributed by atoms with Gasteiger partial charge in [-0.25, -0.2) is 19.0 Å². The molecule has 2 unspecified atom stereocenters. The highest BCUT2D eigenvalue weighted by Gasteiger charge is 2.53. The Morgan fingerprint density at radius 1 is 0.552 bits per heavy atom. The maximum absolute atomic E-state index is 15.6. The third kappa shape index (κ3) is 20.9. The third-order valence-corrected chi connectivity index (χ3v) is 18.7. The quantitative estimate of drug-likeness (QED) is 0.0315. The SMILES string of the molecule is CC/C(=C(/c1ccc(OCCN(C/C=C/C(=O)N(C)C)C(=O)OC(C)(C)C)cc1)c1ccc2c(c1)c(F)nn2C1CCCCO1)c1ccccc1.CC/C(B1OC(C)(C)C(C)(C)O1)=C(/c1ccc(OCCN(C/C=C/C(=O)N(C)C)C(=O)OC(C)(C)C)cc1)c1ccc2c(c1)c(F)nn2C1CCCCO1. The average molecular weight is 1440 g/mol. The molecule has 20 nitrogen and oxygen atoms in total. The van der Waals surface area contributed by atoms with Gasteiger partial charge in [-0.3, -0.25) is 9.59 Å². The minimum absolute atomic E-state index is 0.170. The van der Waals surface area contributed by atoms with Crippen LogP contribution in [0.2, 0.25) is 0 Å². The second kappa shape index (κ2) is 35.3. The lowest BCUT2D eigenvalue weighted by molar-refractivity contribution is -0.124. The van der Waals surface area contributed by atoms with E-state index in [2.05, 4.69) is 36.2 Å². The predicted molar refractivity (Wildman–Crippen MR) is 407 cm³/mol. The van der Waals surface area contributed by atoms with Gasteiger partial charge >= 0.3 is 19.3 Å². The number of aromatic nitrogens is 4. The molecule has 0 aliphatic carbocycles. The number of carbonyl (C=O) groups is 4. The van der Waals surface area contributed by atoms with E-state index < -0.39 is 53.6 Å². The van der Waals surface area contributed by atoms with Gasteiger partial charge in [0, 0.05) is 66.6 Å². The molecule has 23 heteroatoms. The van der Waals surface area contributed by atoms with Gasteiger partial charge in [0.05, 0.1) is 46.1 Å². The summed E-state index contributed by atoms with van der Waals surface area (Å²) in [6, 6.07) is 37.3. The zero-order valence-corrected chi connectivity index (χ0v) is 64.1. The first-order chi connectivity index (χ1) is 49.8. The number of carbonyl (C=O) groups excluding carboxylic acids is 4. The van der Waals surface area contributed by atoms with Gasteiger partial charge in [-0.15, -0.1) is 10.2 Å². The molecule has 3 aliphatic heterocycles. The van der Waals surface area contributed by atoms with E-state index in [0.29, 0.717) is 52.9 Å². The normalized spacial score (nSPS) is 17.2. The lowest BCUT2D eigenvalue weighted by Crippen LogP contribution is -2.41. The summed E-state index contributed by atoms with van der Waals surface area (Å²) in [6.07, 6.45) is 11.6. The first-order valence-corrected chi connectivity index (χ1v) is 36.5. The molecule has 0 spiro atoms. The number of allylic oxidation sites excluding steroid dienone is 2. The summed E-state index contributed by atoms with van der Waals surface area (Å²) < 4.78 is 82.7. The minimum Gasteiger partial charge on any atom is -0.492 e. The van der Waals surface area contributed by atoms with Crippen molar-refractivity contribution in [2.45, 2.75) is 169 Å². The van der Waals surface area contributed by atoms with Gasteiger partial charge in [0.2, 0.25) is 23.7 Å². The van der Waals surface area contributed by atoms with E-state index in [4.69, 9.17) is 37.7 Å². The monoisotopic (exact) mass is 1440 g/mol. The molecule has 10 rings (SSSR count). The molecule has 0 bridgehead atoms. The molecule has 0 radical (unpaired) electrons. The van der Waals surface area contributed by atoms with Crippen LogP contribution in [-0.2, 0) is 37.8 Å². The van der Waals surface area contributed by atoms with Crippen LogP contribution in [-0.4, -0.2) is 173 Å². The number of amides is 4. The van der Waals surface area contributed by atoms with Crippen LogP contribution in [0.15, 0.2) is 145 Å². The van der Waals surface area contributed by atoms with Gasteiger partial charge in [-0.1, -0.05) is 92.7 Å². The molecular formula is C82H105BF2N8O12. The van der Waals surface area contributed by atoms with Crippen LogP contribution in [0.1, 0.15) is 175 Å². The van der Waals surface area contributed by atoms with Gasteiger partial charge in [-0.2, -0.15) is 8.78 Å². The van der Waals surface area contributed by atoms with Crippen molar-refractivity contribution in [3.05, 3.63) is 185 Å². The Hall–Kier alpha value is -9.16. The molecule has 3 aliphatic rings. The Labute approximate surface area is 618 Å². The molecule has 105 heavy (non-hydrogen) atoms. The Balaban J connectivity index is 0.000000244. The molecule has 5 heterocycles. The van der Waals surface area contributed by atoms with Crippen molar-refractivity contribution >= 4 is 69.6 Å². The van der Waals surface area contributed by atoms with Gasteiger partial charge in [0.25, 0.3) is 0 Å². The summed E-state index contributed by atoms with van der Waals surface area (Å²) >= 11 is 0. The Morgan fingerprint density at radius 3 is 1.34 bits per heavy atom. The smallest absolute Gasteiger partial charge is 0.491 e. The number of likely N-dealkylation sites (N-methyl/N-ethyl adjacent to an activating group) is 2. The molecule has 0 saturated carbocycles. The second-order valence-electron chi connectivity index (χ2n) is 29.9. The number of hydrogen-bond acceptors (Lipinski definition) is 14. The van der Waals surface area contributed by atoms with E-state index in [-0.39, 0.29) is 63.7 Å². The number of ether oxygens (including phenoxy) is 6. The maximum Gasteiger partial charge on any atom is 0.491 e. The molecule has 2 atom stereocenters. The first kappa shape index (κ1) is 80.0. The highest BCUT2D eigenvalue weighted by Crippen LogP contribution is 2.44. The van der Waals surface area contributed by atoms with Crippen LogP contribution in [0, 0.1) is 11.9 Å². The van der Waals surface area contributed by atoms with Crippen LogP contribution in [0.25, 0.3) is 38.5 Å². The fourth-order valence-electron chi connectivity index (χ4n) is 12.5. The third-order valence-electron chi connectivity index (χ3n) is 18.7. The number of halogens is 2. The standard InChI is InChI=1S/C41H56BFN4O7.C41H49FN4O5/c1-11-32(42-53-40(5,6)41(7,8)54-42)36(29-19-22-33-31(27-29)37(43)44-47(33)35-16-12-13-25-51-35)28-17-20-30(21-18-28)50-26-24-46(38(49)52-39(2,3)4)23-14-15-34(48)45(9)10;1-7-33(29-14-9-8-10-15-29)38(31-20-23-35-34(28-31)39(42)43-46(35)37-17-11-12-26-50-37)30-18-21-32(22-19-30)49-27-25-45(40(48)51-41(2,3)4)24-13-16-36(47)44(5)6/h14-15,17-22,27,35H,11-13,16,23-26H2,1-10H3;8-10,13-16,18-23,28,37H,7,11-12,17,24-27H2,1-6H3/b15-14+,36-32+;16-13+,38-33+. The highest BCUT2D eigenvalue weighted by atomic mass is 19.1. The van der Waals surface area contributed by atoms with Crippen LogP contribution >= 0.6 is 0 Å². The summed E-state index contributed by atoms with van der Waals surface area (Å²) in [5, 5.41) is 9.40. The van der Waals surface area contributed by atoms with Gasteiger partial charge in [0.15, 0.2) is 12.5 Å². The van der Waals surface area contributed by atoms with Crippen molar-refractivity contribution in [2.24, 2.45) is 0 Å². The molecule has 2 aromatic heterocycles. The van der Waals surface area contributed by atoms with E-state index in [0.717, 1.165) is 95.0 Å². The van der Waals surface area contributed by atoms with Crippen LogP contribution in [0.3, 0.4) is 0 Å². The topological polar surface area (TPSA) is 191 Å². The van der Waals surface area contributed by atoms with E-state index in [1.165, 1.54) is 31.8 Å². The highest BCUT2D eigenvalue weighted by molar-refractivity contribution is 6.56. The molecule has 3 fully saturated rings. The Kier molecular flexibility index (Phi) is 26.9. The first-order valence-electron chi connectivity index (χ1n) is 36.5. The fourth-order valence-corrected chi connectivity index (χ4v) is 12.5. The molecule has 4 amide bonds. The van der Waals surface area contributed by atoms with Gasteiger partial charge in [0.1, 0.15) is 35.9 Å². The molecule has 3 saturated heterocycles. The predicted octanol–water partition coefficient (Wildman–Crippen LogP) is 16.5. The maximum atomic E-state index is 15.6. The summed E-state index contributed by atoms with van der Waals surface area (Å²) in [5.74, 6) is -0.169. The molecule has 7 aromatic rings. The zero-order valence-electron chi connectivity index (χ0n) is 64.1. The van der Waals surface area contributed by atoms with Crippen LogP contribution in [0.4, 0.5) is 18.4 Å². The van der Waals surface area contributed by atoms with Crippen LogP contribution < -0.4 is 9.47 Å². The molecule has 562 valence electrons. The number of fused-ring (bicyclic) bond motifs is 2. The molecule has 5 aromatic carbocycles. The van der Waals surface area contributed by atoms with Crippen molar-refractivity contribution in [2.75, 3.05) is 80.8 Å². The largest absolute Gasteiger partial charge is 0.492 e. The number of rotatable bonds is 24. The van der Waals surface area contributed by atoms with Crippen LogP contribution in [0.5, 0.6) is 11.5 Å². The summed E-state index contributed by atoms with van der Waals surface area (Å²) in [6.45, 7) is 25.7. The van der Waals surface area contributed by atoms with Crippen molar-refractivity contribution in [1.29, 1.82) is 0 Å². The van der Waals surface area contributed by atoms with Gasteiger partial charge in [-0.05, 0) is 219 Å². The van der Waals surface area contributed by atoms with Crippen molar-refractivity contribution in [3.8, 4) is 11.5 Å². The lowest BCUT2D eigenvalue weighted by Gasteiger charge is -2.32. The lowest BCUT2D eigenvalue weighted by atomic mass is 9.70. The van der Waals surface area contributed by atoms with E-state index in [9.17, 15) is 19.2 Å². The average Bonchev–Trinajstić information content (AvgIpc) is 1.65. The van der Waals surface area contributed by atoms with E-state index >= 15 is 8.78 Å².